The first-order valence-corrected chi connectivity index (χ1v) is 7.98. The summed E-state index contributed by atoms with van der Waals surface area (Å²) in [4.78, 5) is 25.7. The predicted octanol–water partition coefficient (Wildman–Crippen LogP) is 3.67. The van der Waals surface area contributed by atoms with Crippen molar-refractivity contribution in [2.75, 3.05) is 23.3 Å². The quantitative estimate of drug-likeness (QED) is 0.666. The number of carbonyl (C=O) groups is 2. The molecule has 0 atom stereocenters. The van der Waals surface area contributed by atoms with Gasteiger partial charge < -0.3 is 15.0 Å². The summed E-state index contributed by atoms with van der Waals surface area (Å²) in [5, 5.41) is 3.59. The highest BCUT2D eigenvalue weighted by atomic mass is 35.5. The summed E-state index contributed by atoms with van der Waals surface area (Å²) < 4.78 is 5.20. The van der Waals surface area contributed by atoms with Crippen LogP contribution in [0.3, 0.4) is 0 Å². The Hall–Kier alpha value is -2.24. The molecule has 24 heavy (non-hydrogen) atoms. The third-order valence-corrected chi connectivity index (χ3v) is 3.92. The fraction of sp³-hybridized carbons (Fsp3) is 0.176. The normalized spacial score (nSPS) is 13.3. The number of fused-ring (bicyclic) bond motifs is 1. The number of halogens is 2. The second-order valence-electron chi connectivity index (χ2n) is 5.51. The lowest BCUT2D eigenvalue weighted by Crippen LogP contribution is -2.41. The molecule has 124 valence electrons. The Labute approximate surface area is 149 Å². The van der Waals surface area contributed by atoms with Crippen molar-refractivity contribution in [1.82, 2.24) is 0 Å². The van der Waals surface area contributed by atoms with Crippen LogP contribution in [0.5, 0.6) is 5.75 Å². The summed E-state index contributed by atoms with van der Waals surface area (Å²) in [5.41, 5.74) is 2.23. The third-order valence-electron chi connectivity index (χ3n) is 3.48. The molecule has 2 aromatic carbocycles. The van der Waals surface area contributed by atoms with Gasteiger partial charge in [-0.05, 0) is 42.8 Å². The fourth-order valence-corrected chi connectivity index (χ4v) is 3.02. The predicted molar refractivity (Wildman–Crippen MR) is 94.1 cm³/mol. The number of aryl methyl sites for hydroxylation is 1. The van der Waals surface area contributed by atoms with E-state index >= 15 is 0 Å². The molecule has 7 heteroatoms. The molecule has 2 aromatic rings. The van der Waals surface area contributed by atoms with Crippen molar-refractivity contribution in [1.29, 1.82) is 0 Å². The Morgan fingerprint density at radius 1 is 1.21 bits per heavy atom. The van der Waals surface area contributed by atoms with E-state index in [4.69, 9.17) is 27.9 Å². The zero-order valence-corrected chi connectivity index (χ0v) is 14.3. The minimum atomic E-state index is -0.398. The number of nitrogens with one attached hydrogen (secondary N) is 1. The van der Waals surface area contributed by atoms with Crippen molar-refractivity contribution in [3.8, 4) is 5.75 Å². The molecule has 1 heterocycles. The molecular formula is C17H14Cl2N2O3. The van der Waals surface area contributed by atoms with Gasteiger partial charge in [0.25, 0.3) is 0 Å². The Balaban J connectivity index is 1.77. The Morgan fingerprint density at radius 3 is 2.62 bits per heavy atom. The molecule has 1 N–H and O–H groups in total. The number of hydrogen-bond acceptors (Lipinski definition) is 4. The molecule has 0 aliphatic carbocycles. The minimum Gasteiger partial charge on any atom is -0.423 e. The lowest BCUT2D eigenvalue weighted by molar-refractivity contribution is -0.133. The van der Waals surface area contributed by atoms with E-state index in [1.807, 2.05) is 19.1 Å². The highest BCUT2D eigenvalue weighted by Gasteiger charge is 2.25. The van der Waals surface area contributed by atoms with Gasteiger partial charge in [0, 0.05) is 15.7 Å². The van der Waals surface area contributed by atoms with E-state index in [1.54, 1.807) is 29.2 Å². The summed E-state index contributed by atoms with van der Waals surface area (Å²) in [6, 6.07) is 10.2. The molecule has 3 rings (SSSR count). The van der Waals surface area contributed by atoms with Gasteiger partial charge in [0.2, 0.25) is 5.91 Å². The van der Waals surface area contributed by atoms with Crippen molar-refractivity contribution in [3.05, 3.63) is 52.0 Å². The molecule has 5 nitrogen and oxygen atoms in total. The van der Waals surface area contributed by atoms with Crippen LogP contribution in [0.4, 0.5) is 11.4 Å². The standard InChI is InChI=1S/C17H14Cl2N2O3/c1-10-2-3-15-14(4-10)21(9-17(23)24-15)8-16(22)20-13-6-11(18)5-12(19)7-13/h2-7H,8-9H2,1H3,(H,20,22). The second kappa shape index (κ2) is 6.71. The van der Waals surface area contributed by atoms with Crippen molar-refractivity contribution in [2.24, 2.45) is 0 Å². The van der Waals surface area contributed by atoms with Gasteiger partial charge in [-0.1, -0.05) is 29.3 Å². The van der Waals surface area contributed by atoms with Gasteiger partial charge in [-0.3, -0.25) is 4.79 Å². The van der Waals surface area contributed by atoms with Gasteiger partial charge in [-0.15, -0.1) is 0 Å². The van der Waals surface area contributed by atoms with E-state index in [1.165, 1.54) is 0 Å². The number of esters is 1. The highest BCUT2D eigenvalue weighted by Crippen LogP contribution is 2.32. The number of amides is 1. The monoisotopic (exact) mass is 364 g/mol. The van der Waals surface area contributed by atoms with Gasteiger partial charge in [-0.25, -0.2) is 4.79 Å². The Bertz CT molecular complexity index is 803. The first-order valence-electron chi connectivity index (χ1n) is 7.23. The van der Waals surface area contributed by atoms with Gasteiger partial charge in [0.15, 0.2) is 5.75 Å². The molecule has 0 radical (unpaired) electrons. The van der Waals surface area contributed by atoms with Crippen LogP contribution in [0.2, 0.25) is 10.0 Å². The van der Waals surface area contributed by atoms with Gasteiger partial charge in [0.1, 0.15) is 6.54 Å². The second-order valence-corrected chi connectivity index (χ2v) is 6.38. The topological polar surface area (TPSA) is 58.6 Å². The zero-order chi connectivity index (χ0) is 17.3. The number of nitrogens with zero attached hydrogens (tertiary/aromatic N) is 1. The van der Waals surface area contributed by atoms with Crippen LogP contribution >= 0.6 is 23.2 Å². The van der Waals surface area contributed by atoms with Crippen LogP contribution in [0.25, 0.3) is 0 Å². The average Bonchev–Trinajstić information content (AvgIpc) is 2.46. The van der Waals surface area contributed by atoms with E-state index < -0.39 is 5.97 Å². The van der Waals surface area contributed by atoms with E-state index in [9.17, 15) is 9.59 Å². The number of rotatable bonds is 3. The fourth-order valence-electron chi connectivity index (χ4n) is 2.50. The molecule has 0 saturated heterocycles. The number of ether oxygens (including phenoxy) is 1. The molecular weight excluding hydrogens is 351 g/mol. The Kier molecular flexibility index (Phi) is 4.64. The van der Waals surface area contributed by atoms with E-state index in [2.05, 4.69) is 5.32 Å². The first kappa shape index (κ1) is 16.6. The van der Waals surface area contributed by atoms with E-state index in [0.29, 0.717) is 27.2 Å². The molecule has 0 saturated carbocycles. The van der Waals surface area contributed by atoms with Crippen LogP contribution in [0.15, 0.2) is 36.4 Å². The van der Waals surface area contributed by atoms with Crippen molar-refractivity contribution in [3.63, 3.8) is 0 Å². The smallest absolute Gasteiger partial charge is 0.331 e. The lowest BCUT2D eigenvalue weighted by Gasteiger charge is -2.29. The molecule has 0 unspecified atom stereocenters. The molecule has 0 fully saturated rings. The van der Waals surface area contributed by atoms with Crippen molar-refractivity contribution in [2.45, 2.75) is 6.92 Å². The van der Waals surface area contributed by atoms with Crippen molar-refractivity contribution >= 4 is 46.5 Å². The number of anilines is 2. The average molecular weight is 365 g/mol. The molecule has 1 amide bonds. The van der Waals surface area contributed by atoms with Crippen LogP contribution in [-0.4, -0.2) is 25.0 Å². The van der Waals surface area contributed by atoms with Crippen LogP contribution < -0.4 is 15.0 Å². The maximum absolute atomic E-state index is 12.3. The van der Waals surface area contributed by atoms with Gasteiger partial charge in [-0.2, -0.15) is 0 Å². The summed E-state index contributed by atoms with van der Waals surface area (Å²) in [6.45, 7) is 1.96. The van der Waals surface area contributed by atoms with Crippen LogP contribution in [-0.2, 0) is 9.59 Å². The summed E-state index contributed by atoms with van der Waals surface area (Å²) in [7, 11) is 0. The molecule has 0 aromatic heterocycles. The molecule has 0 spiro atoms. The first-order chi connectivity index (χ1) is 11.4. The number of hydrogen-bond donors (Lipinski definition) is 1. The molecule has 1 aliphatic heterocycles. The summed E-state index contributed by atoms with van der Waals surface area (Å²) >= 11 is 11.8. The largest absolute Gasteiger partial charge is 0.423 e. The van der Waals surface area contributed by atoms with E-state index in [0.717, 1.165) is 5.56 Å². The Morgan fingerprint density at radius 2 is 1.92 bits per heavy atom. The van der Waals surface area contributed by atoms with E-state index in [-0.39, 0.29) is 19.0 Å². The lowest BCUT2D eigenvalue weighted by atomic mass is 10.1. The maximum Gasteiger partial charge on any atom is 0.331 e. The summed E-state index contributed by atoms with van der Waals surface area (Å²) in [5.74, 6) is -0.226. The van der Waals surface area contributed by atoms with Gasteiger partial charge in [0.05, 0.1) is 12.2 Å². The molecule has 1 aliphatic rings. The zero-order valence-electron chi connectivity index (χ0n) is 12.8. The highest BCUT2D eigenvalue weighted by molar-refractivity contribution is 6.35. The third kappa shape index (κ3) is 3.80. The maximum atomic E-state index is 12.3. The number of carbonyl (C=O) groups excluding carboxylic acids is 2. The van der Waals surface area contributed by atoms with Crippen LogP contribution in [0.1, 0.15) is 5.56 Å². The summed E-state index contributed by atoms with van der Waals surface area (Å²) in [6.07, 6.45) is 0. The van der Waals surface area contributed by atoms with Gasteiger partial charge >= 0.3 is 5.97 Å². The number of benzene rings is 2. The van der Waals surface area contributed by atoms with Crippen molar-refractivity contribution < 1.29 is 14.3 Å². The SMILES string of the molecule is Cc1ccc2c(c1)N(CC(=O)Nc1cc(Cl)cc(Cl)c1)CC(=O)O2. The molecule has 0 bridgehead atoms. The van der Waals surface area contributed by atoms with Crippen LogP contribution in [0, 0.1) is 6.92 Å². The minimum absolute atomic E-state index is 0.00961.